The molecule has 0 amide bonds. The van der Waals surface area contributed by atoms with E-state index < -0.39 is 10.0 Å². The second kappa shape index (κ2) is 7.30. The van der Waals surface area contributed by atoms with Gasteiger partial charge in [-0.25, -0.2) is 8.42 Å². The van der Waals surface area contributed by atoms with E-state index in [1.54, 1.807) is 4.31 Å². The van der Waals surface area contributed by atoms with Crippen molar-refractivity contribution in [2.45, 2.75) is 25.3 Å². The molecule has 1 saturated heterocycles. The Labute approximate surface area is 139 Å². The summed E-state index contributed by atoms with van der Waals surface area (Å²) in [6, 6.07) is 11.0. The molecule has 0 radical (unpaired) electrons. The Hall–Kier alpha value is -0.950. The number of rotatable bonds is 6. The molecule has 128 valence electrons. The van der Waals surface area contributed by atoms with Crippen LogP contribution in [0.3, 0.4) is 0 Å². The molecule has 0 bridgehead atoms. The highest BCUT2D eigenvalue weighted by molar-refractivity contribution is 7.89. The Morgan fingerprint density at radius 1 is 1.22 bits per heavy atom. The summed E-state index contributed by atoms with van der Waals surface area (Å²) >= 11 is 0. The highest BCUT2D eigenvalue weighted by Gasteiger charge is 2.38. The fourth-order valence-electron chi connectivity index (χ4n) is 3.52. The molecule has 0 unspecified atom stereocenters. The first-order chi connectivity index (χ1) is 11.1. The van der Waals surface area contributed by atoms with Crippen LogP contribution in [0.15, 0.2) is 30.3 Å². The van der Waals surface area contributed by atoms with E-state index in [1.165, 1.54) is 5.56 Å². The van der Waals surface area contributed by atoms with Gasteiger partial charge in [0.15, 0.2) is 0 Å². The summed E-state index contributed by atoms with van der Waals surface area (Å²) in [7, 11) is -3.16. The van der Waals surface area contributed by atoms with E-state index >= 15 is 0 Å². The zero-order valence-electron chi connectivity index (χ0n) is 13.6. The Kier molecular flexibility index (Phi) is 5.36. The summed E-state index contributed by atoms with van der Waals surface area (Å²) in [6.07, 6.45) is 1.09. The molecule has 1 N–H and O–H groups in total. The number of benzene rings is 1. The number of nitrogens with zero attached hydrogens (tertiary/aromatic N) is 1. The highest BCUT2D eigenvalue weighted by atomic mass is 32.2. The van der Waals surface area contributed by atoms with Crippen molar-refractivity contribution in [2.24, 2.45) is 5.92 Å². The van der Waals surface area contributed by atoms with Crippen molar-refractivity contribution in [2.75, 3.05) is 38.6 Å². The Balaban J connectivity index is 1.43. The molecule has 1 aromatic rings. The fourth-order valence-corrected chi connectivity index (χ4v) is 4.86. The van der Waals surface area contributed by atoms with Crippen LogP contribution in [0.1, 0.15) is 24.8 Å². The minimum atomic E-state index is -3.16. The van der Waals surface area contributed by atoms with Crippen molar-refractivity contribution in [1.82, 2.24) is 9.62 Å². The van der Waals surface area contributed by atoms with Crippen LogP contribution in [0.4, 0.5) is 0 Å². The molecule has 1 aliphatic carbocycles. The molecule has 1 heterocycles. The number of hydrogen-bond acceptors (Lipinski definition) is 4. The molecule has 3 atom stereocenters. The summed E-state index contributed by atoms with van der Waals surface area (Å²) in [4.78, 5) is 0. The first-order valence-electron chi connectivity index (χ1n) is 8.42. The van der Waals surface area contributed by atoms with Crippen molar-refractivity contribution in [3.8, 4) is 0 Å². The van der Waals surface area contributed by atoms with Crippen LogP contribution in [0, 0.1) is 5.92 Å². The summed E-state index contributed by atoms with van der Waals surface area (Å²) in [5, 5.41) is 3.43. The standard InChI is InChI=1S/C17H26N2O3S/c1-14-16(15-5-3-2-4-6-15)13-17(14)18-7-12-23(20,21)19-8-10-22-11-9-19/h2-6,14,16-18H,7-13H2,1H3/t14-,16+,17+/m0/s1. The van der Waals surface area contributed by atoms with Gasteiger partial charge in [-0.15, -0.1) is 0 Å². The van der Waals surface area contributed by atoms with Crippen LogP contribution in [-0.2, 0) is 14.8 Å². The number of sulfonamides is 1. The van der Waals surface area contributed by atoms with E-state index in [1.807, 2.05) is 6.07 Å². The average Bonchev–Trinajstić information content (AvgIpc) is 2.58. The lowest BCUT2D eigenvalue weighted by Gasteiger charge is -2.44. The quantitative estimate of drug-likeness (QED) is 0.852. The molecule has 1 saturated carbocycles. The van der Waals surface area contributed by atoms with E-state index in [4.69, 9.17) is 4.74 Å². The Morgan fingerprint density at radius 3 is 2.57 bits per heavy atom. The lowest BCUT2D eigenvalue weighted by molar-refractivity contribution is 0.0730. The van der Waals surface area contributed by atoms with Crippen LogP contribution in [0.5, 0.6) is 0 Å². The molecule has 1 aromatic carbocycles. The summed E-state index contributed by atoms with van der Waals surface area (Å²) < 4.78 is 31.3. The molecule has 0 aromatic heterocycles. The molecule has 1 aliphatic heterocycles. The minimum absolute atomic E-state index is 0.173. The second-order valence-electron chi connectivity index (χ2n) is 6.50. The molecular formula is C17H26N2O3S. The van der Waals surface area contributed by atoms with E-state index in [0.717, 1.165) is 6.42 Å². The van der Waals surface area contributed by atoms with Crippen molar-refractivity contribution in [3.63, 3.8) is 0 Å². The monoisotopic (exact) mass is 338 g/mol. The third-order valence-corrected chi connectivity index (χ3v) is 7.01. The molecule has 2 aliphatic rings. The molecule has 0 spiro atoms. The third-order valence-electron chi connectivity index (χ3n) is 5.13. The number of hydrogen-bond donors (Lipinski definition) is 1. The van der Waals surface area contributed by atoms with Crippen LogP contribution < -0.4 is 5.32 Å². The Bertz CT molecular complexity index is 600. The summed E-state index contributed by atoms with van der Waals surface area (Å²) in [5.74, 6) is 1.31. The summed E-state index contributed by atoms with van der Waals surface area (Å²) in [6.45, 7) is 4.75. The van der Waals surface area contributed by atoms with Gasteiger partial charge in [0.25, 0.3) is 0 Å². The third kappa shape index (κ3) is 3.94. The smallest absolute Gasteiger partial charge is 0.215 e. The van der Waals surface area contributed by atoms with Gasteiger partial charge < -0.3 is 10.1 Å². The maximum Gasteiger partial charge on any atom is 0.215 e. The predicted octanol–water partition coefficient (Wildman–Crippen LogP) is 1.43. The lowest BCUT2D eigenvalue weighted by atomic mass is 9.67. The first-order valence-corrected chi connectivity index (χ1v) is 10.0. The maximum absolute atomic E-state index is 12.3. The van der Waals surface area contributed by atoms with Crippen LogP contribution in [0.25, 0.3) is 0 Å². The molecule has 2 fully saturated rings. The van der Waals surface area contributed by atoms with Gasteiger partial charge in [-0.2, -0.15) is 4.31 Å². The predicted molar refractivity (Wildman–Crippen MR) is 90.9 cm³/mol. The van der Waals surface area contributed by atoms with Gasteiger partial charge >= 0.3 is 0 Å². The first kappa shape index (κ1) is 16.9. The fraction of sp³-hybridized carbons (Fsp3) is 0.647. The molecule has 6 heteroatoms. The zero-order valence-corrected chi connectivity index (χ0v) is 14.5. The van der Waals surface area contributed by atoms with Crippen LogP contribution in [0.2, 0.25) is 0 Å². The second-order valence-corrected chi connectivity index (χ2v) is 8.59. The zero-order chi connectivity index (χ0) is 16.3. The van der Waals surface area contributed by atoms with Crippen molar-refractivity contribution < 1.29 is 13.2 Å². The number of nitrogens with one attached hydrogen (secondary N) is 1. The highest BCUT2D eigenvalue weighted by Crippen LogP contribution is 2.42. The van der Waals surface area contributed by atoms with E-state index in [0.29, 0.717) is 50.7 Å². The van der Waals surface area contributed by atoms with E-state index in [-0.39, 0.29) is 5.75 Å². The molecule has 3 rings (SSSR count). The average molecular weight is 338 g/mol. The molecule has 5 nitrogen and oxygen atoms in total. The van der Waals surface area contributed by atoms with Gasteiger partial charge in [0.2, 0.25) is 10.0 Å². The Morgan fingerprint density at radius 2 is 1.91 bits per heavy atom. The van der Waals surface area contributed by atoms with E-state index in [9.17, 15) is 8.42 Å². The van der Waals surface area contributed by atoms with Gasteiger partial charge in [-0.05, 0) is 23.8 Å². The number of ether oxygens (including phenoxy) is 1. The van der Waals surface area contributed by atoms with Gasteiger partial charge in [0.1, 0.15) is 0 Å². The normalized spacial score (nSPS) is 29.2. The molecule has 23 heavy (non-hydrogen) atoms. The number of morpholine rings is 1. The molecular weight excluding hydrogens is 312 g/mol. The lowest BCUT2D eigenvalue weighted by Crippen LogP contribution is -2.50. The maximum atomic E-state index is 12.3. The van der Waals surface area contributed by atoms with Crippen LogP contribution >= 0.6 is 0 Å². The van der Waals surface area contributed by atoms with Crippen molar-refractivity contribution in [3.05, 3.63) is 35.9 Å². The van der Waals surface area contributed by atoms with E-state index in [2.05, 4.69) is 36.5 Å². The van der Waals surface area contributed by atoms with Crippen molar-refractivity contribution in [1.29, 1.82) is 0 Å². The van der Waals surface area contributed by atoms with Gasteiger partial charge in [0.05, 0.1) is 19.0 Å². The van der Waals surface area contributed by atoms with Gasteiger partial charge in [-0.3, -0.25) is 0 Å². The van der Waals surface area contributed by atoms with Gasteiger partial charge in [-0.1, -0.05) is 37.3 Å². The topological polar surface area (TPSA) is 58.6 Å². The summed E-state index contributed by atoms with van der Waals surface area (Å²) in [5.41, 5.74) is 1.39. The SMILES string of the molecule is C[C@@H]1[C@H](NCCS(=O)(=O)N2CCOCC2)C[C@H]1c1ccccc1. The van der Waals surface area contributed by atoms with Gasteiger partial charge in [0, 0.05) is 25.7 Å². The largest absolute Gasteiger partial charge is 0.379 e. The van der Waals surface area contributed by atoms with Crippen molar-refractivity contribution >= 4 is 10.0 Å². The minimum Gasteiger partial charge on any atom is -0.379 e. The van der Waals surface area contributed by atoms with Crippen LogP contribution in [-0.4, -0.2) is 57.4 Å².